The van der Waals surface area contributed by atoms with Crippen molar-refractivity contribution in [2.24, 2.45) is 0 Å². The first-order valence-electron chi connectivity index (χ1n) is 9.73. The van der Waals surface area contributed by atoms with Gasteiger partial charge in [-0.3, -0.25) is 0 Å². The van der Waals surface area contributed by atoms with E-state index in [0.29, 0.717) is 0 Å². The molecule has 0 aliphatic carbocycles. The van der Waals surface area contributed by atoms with Crippen molar-refractivity contribution in [3.05, 3.63) is 108 Å². The van der Waals surface area contributed by atoms with Gasteiger partial charge in [0.2, 0.25) is 0 Å². The van der Waals surface area contributed by atoms with Gasteiger partial charge in [-0.1, -0.05) is 0 Å². The standard InChI is InChI=1S/C27H24NTe/c1-28(2)25-17-15-21(16-18-25)13-14-22-19-26(23-9-5-3-6-10-23)29-27(20-22)24-11-7-4-8-12-24/h3-20H,1-2H3/q+1. The van der Waals surface area contributed by atoms with Gasteiger partial charge < -0.3 is 0 Å². The van der Waals surface area contributed by atoms with E-state index in [1.165, 1.54) is 35.1 Å². The van der Waals surface area contributed by atoms with Crippen molar-refractivity contribution in [1.82, 2.24) is 0 Å². The van der Waals surface area contributed by atoms with Gasteiger partial charge >= 0.3 is 184 Å². The second-order valence-corrected chi connectivity index (χ2v) is 10.3. The Morgan fingerprint density at radius 3 is 1.55 bits per heavy atom. The van der Waals surface area contributed by atoms with Crippen LogP contribution in [0.4, 0.5) is 5.69 Å². The summed E-state index contributed by atoms with van der Waals surface area (Å²) in [5.74, 6) is 0. The predicted molar refractivity (Wildman–Crippen MR) is 128 cm³/mol. The van der Waals surface area contributed by atoms with Crippen molar-refractivity contribution in [1.29, 1.82) is 0 Å². The average Bonchev–Trinajstić information content (AvgIpc) is 2.79. The molecule has 0 unspecified atom stereocenters. The van der Waals surface area contributed by atoms with Crippen LogP contribution in [0.1, 0.15) is 11.1 Å². The van der Waals surface area contributed by atoms with E-state index >= 15 is 0 Å². The topological polar surface area (TPSA) is 3.24 Å². The summed E-state index contributed by atoms with van der Waals surface area (Å²) in [6.45, 7) is 0. The van der Waals surface area contributed by atoms with E-state index in [1.807, 2.05) is 0 Å². The Kier molecular flexibility index (Phi) is 6.25. The molecule has 1 aromatic heterocycles. The van der Waals surface area contributed by atoms with Crippen LogP contribution < -0.4 is 4.90 Å². The van der Waals surface area contributed by atoms with E-state index in [0.717, 1.165) is 0 Å². The van der Waals surface area contributed by atoms with Crippen LogP contribution in [0, 0.1) is 0 Å². The van der Waals surface area contributed by atoms with Gasteiger partial charge in [0.15, 0.2) is 0 Å². The summed E-state index contributed by atoms with van der Waals surface area (Å²) in [5, 5.41) is 0. The van der Waals surface area contributed by atoms with Gasteiger partial charge in [-0.2, -0.15) is 0 Å². The van der Waals surface area contributed by atoms with Crippen molar-refractivity contribution in [3.63, 3.8) is 0 Å². The molecule has 3 aromatic carbocycles. The molecule has 0 saturated heterocycles. The first kappa shape index (κ1) is 19.6. The second kappa shape index (κ2) is 9.22. The molecule has 0 aliphatic heterocycles. The number of rotatable bonds is 5. The quantitative estimate of drug-likeness (QED) is 0.286. The van der Waals surface area contributed by atoms with Gasteiger partial charge in [0.05, 0.1) is 0 Å². The summed E-state index contributed by atoms with van der Waals surface area (Å²) in [6.07, 6.45) is 4.45. The summed E-state index contributed by atoms with van der Waals surface area (Å²) in [4.78, 5) is 2.12. The first-order valence-corrected chi connectivity index (χ1v) is 12.1. The SMILES string of the molecule is CN(C)c1ccc(C=Cc2cc(-c3ccccc3)[te+]c(-c3ccccc3)c2)cc1. The molecular weight excluding hydrogens is 466 g/mol. The number of anilines is 1. The van der Waals surface area contributed by atoms with Crippen molar-refractivity contribution < 1.29 is 0 Å². The van der Waals surface area contributed by atoms with Gasteiger partial charge in [0.25, 0.3) is 0 Å². The zero-order valence-electron chi connectivity index (χ0n) is 16.7. The molecule has 0 bridgehead atoms. The van der Waals surface area contributed by atoms with Crippen molar-refractivity contribution in [3.8, 4) is 18.3 Å². The third-order valence-corrected chi connectivity index (χ3v) is 8.08. The van der Waals surface area contributed by atoms with Crippen molar-refractivity contribution in [2.45, 2.75) is 0 Å². The predicted octanol–water partition coefficient (Wildman–Crippen LogP) is 6.60. The molecule has 4 rings (SSSR count). The zero-order chi connectivity index (χ0) is 20.1. The number of hydrogen-bond donors (Lipinski definition) is 0. The van der Waals surface area contributed by atoms with Gasteiger partial charge in [-0.05, 0) is 0 Å². The molecule has 0 N–H and O–H groups in total. The Bertz CT molecular complexity index is 1040. The molecule has 4 aromatic rings. The van der Waals surface area contributed by atoms with Crippen LogP contribution in [0.25, 0.3) is 30.4 Å². The summed E-state index contributed by atoms with van der Waals surface area (Å²) < 4.78 is 2.97. The number of benzene rings is 3. The third-order valence-electron chi connectivity index (χ3n) is 4.81. The Hall–Kier alpha value is -2.66. The van der Waals surface area contributed by atoms with Crippen LogP contribution in [0.3, 0.4) is 0 Å². The minimum atomic E-state index is -0.430. The summed E-state index contributed by atoms with van der Waals surface area (Å²) >= 11 is -0.430. The Morgan fingerprint density at radius 2 is 1.07 bits per heavy atom. The van der Waals surface area contributed by atoms with Crippen LogP contribution in [0.15, 0.2) is 97.1 Å². The van der Waals surface area contributed by atoms with E-state index in [2.05, 4.69) is 128 Å². The molecule has 29 heavy (non-hydrogen) atoms. The van der Waals surface area contributed by atoms with E-state index < -0.39 is 20.4 Å². The Labute approximate surface area is 183 Å². The molecule has 0 spiro atoms. The minimum absolute atomic E-state index is 0.430. The first-order chi connectivity index (χ1) is 14.2. The molecule has 0 aliphatic rings. The molecule has 0 atom stereocenters. The molecule has 0 radical (unpaired) electrons. The third kappa shape index (κ3) is 5.04. The second-order valence-electron chi connectivity index (χ2n) is 7.17. The number of nitrogens with zero attached hydrogens (tertiary/aromatic N) is 1. The fourth-order valence-corrected chi connectivity index (χ4v) is 6.42. The zero-order valence-corrected chi connectivity index (χ0v) is 19.1. The molecule has 0 amide bonds. The van der Waals surface area contributed by atoms with Crippen molar-refractivity contribution >= 4 is 38.3 Å². The molecule has 2 heteroatoms. The maximum absolute atomic E-state index is 2.37. The number of hydrogen-bond acceptors (Lipinski definition) is 1. The normalized spacial score (nSPS) is 11.0. The van der Waals surface area contributed by atoms with Gasteiger partial charge in [0.1, 0.15) is 0 Å². The van der Waals surface area contributed by atoms with Gasteiger partial charge in [0, 0.05) is 0 Å². The van der Waals surface area contributed by atoms with Crippen LogP contribution in [-0.4, -0.2) is 34.5 Å². The molecule has 1 nitrogen and oxygen atoms in total. The van der Waals surface area contributed by atoms with Crippen LogP contribution in [0.2, 0.25) is 0 Å². The maximum atomic E-state index is 2.37. The fourth-order valence-electron chi connectivity index (χ4n) is 3.18. The van der Waals surface area contributed by atoms with Gasteiger partial charge in [-0.15, -0.1) is 0 Å². The van der Waals surface area contributed by atoms with Crippen LogP contribution in [0.5, 0.6) is 0 Å². The molecular formula is C27H24NTe+. The Balaban J connectivity index is 1.72. The summed E-state index contributed by atoms with van der Waals surface area (Å²) in [7, 11) is 4.14. The van der Waals surface area contributed by atoms with Crippen molar-refractivity contribution in [2.75, 3.05) is 19.0 Å². The summed E-state index contributed by atoms with van der Waals surface area (Å²) in [5.41, 5.74) is 6.39. The van der Waals surface area contributed by atoms with E-state index in [1.54, 1.807) is 0 Å². The van der Waals surface area contributed by atoms with E-state index in [-0.39, 0.29) is 0 Å². The molecule has 1 heterocycles. The molecule has 0 saturated carbocycles. The van der Waals surface area contributed by atoms with E-state index in [4.69, 9.17) is 0 Å². The summed E-state index contributed by atoms with van der Waals surface area (Å²) in [6, 6.07) is 35.0. The van der Waals surface area contributed by atoms with E-state index in [9.17, 15) is 0 Å². The Morgan fingerprint density at radius 1 is 0.586 bits per heavy atom. The fraction of sp³-hybridized carbons (Fsp3) is 0.0741. The van der Waals surface area contributed by atoms with Crippen LogP contribution in [-0.2, 0) is 0 Å². The molecule has 142 valence electrons. The van der Waals surface area contributed by atoms with Gasteiger partial charge in [-0.25, -0.2) is 0 Å². The average molecular weight is 490 g/mol. The molecule has 0 fully saturated rings. The monoisotopic (exact) mass is 492 g/mol. The van der Waals surface area contributed by atoms with Crippen LogP contribution >= 0.6 is 0 Å².